The van der Waals surface area contributed by atoms with Crippen LogP contribution in [-0.2, 0) is 0 Å². The average Bonchev–Trinajstić information content (AvgIpc) is 2.53. The van der Waals surface area contributed by atoms with E-state index >= 15 is 0 Å². The summed E-state index contributed by atoms with van der Waals surface area (Å²) in [5.41, 5.74) is 2.79. The van der Waals surface area contributed by atoms with E-state index in [-0.39, 0.29) is 0 Å². The zero-order valence-corrected chi connectivity index (χ0v) is 12.0. The van der Waals surface area contributed by atoms with E-state index in [1.54, 1.807) is 0 Å². The van der Waals surface area contributed by atoms with Gasteiger partial charge in [-0.05, 0) is 46.2 Å². The van der Waals surface area contributed by atoms with Crippen molar-refractivity contribution in [1.82, 2.24) is 0 Å². The van der Waals surface area contributed by atoms with E-state index in [9.17, 15) is 0 Å². The molecule has 2 heteroatoms. The summed E-state index contributed by atoms with van der Waals surface area (Å²) in [5.74, 6) is 0. The van der Waals surface area contributed by atoms with Gasteiger partial charge in [0.2, 0.25) is 0 Å². The summed E-state index contributed by atoms with van der Waals surface area (Å²) < 4.78 is 0. The number of hydrogen-bond acceptors (Lipinski definition) is 1. The van der Waals surface area contributed by atoms with Crippen molar-refractivity contribution in [2.24, 2.45) is 0 Å². The second-order valence-electron chi connectivity index (χ2n) is 4.79. The van der Waals surface area contributed by atoms with E-state index in [0.717, 1.165) is 26.9 Å². The summed E-state index contributed by atoms with van der Waals surface area (Å²) >= 11 is 6.14. The fourth-order valence-corrected chi connectivity index (χ4v) is 2.43. The molecule has 0 aliphatic carbocycles. The first-order valence-corrected chi connectivity index (χ1v) is 7.00. The van der Waals surface area contributed by atoms with Gasteiger partial charge in [0.05, 0.1) is 11.6 Å². The van der Waals surface area contributed by atoms with Gasteiger partial charge in [-0.25, -0.2) is 0 Å². The Morgan fingerprint density at radius 3 is 2.43 bits per heavy atom. The van der Waals surface area contributed by atoms with Crippen molar-refractivity contribution < 1.29 is 0 Å². The zero-order chi connectivity index (χ0) is 14.7. The molecule has 0 fully saturated rings. The van der Waals surface area contributed by atoms with Crippen LogP contribution in [0.5, 0.6) is 0 Å². The van der Waals surface area contributed by atoms with Crippen molar-refractivity contribution >= 4 is 34.5 Å². The maximum Gasteiger partial charge on any atom is 0.0991 e. The van der Waals surface area contributed by atoms with Gasteiger partial charge < -0.3 is 0 Å². The molecule has 0 bridgehead atoms. The molecule has 0 aliphatic rings. The number of hydrogen-bond donors (Lipinski definition) is 0. The Hall–Kier alpha value is -2.56. The third-order valence-electron chi connectivity index (χ3n) is 3.35. The van der Waals surface area contributed by atoms with Crippen LogP contribution >= 0.6 is 11.6 Å². The van der Waals surface area contributed by atoms with Gasteiger partial charge in [0.15, 0.2) is 0 Å². The number of nitrogens with zero attached hydrogens (tertiary/aromatic N) is 1. The van der Waals surface area contributed by atoms with Crippen molar-refractivity contribution in [1.29, 1.82) is 5.26 Å². The van der Waals surface area contributed by atoms with Crippen LogP contribution in [0.4, 0.5) is 0 Å². The zero-order valence-electron chi connectivity index (χ0n) is 11.3. The van der Waals surface area contributed by atoms with Gasteiger partial charge in [-0.2, -0.15) is 5.26 Å². The lowest BCUT2D eigenvalue weighted by Crippen LogP contribution is -1.79. The van der Waals surface area contributed by atoms with Crippen LogP contribution in [0, 0.1) is 11.3 Å². The first kappa shape index (κ1) is 13.4. The largest absolute Gasteiger partial charge is 0.192 e. The normalized spacial score (nSPS) is 10.9. The van der Waals surface area contributed by atoms with E-state index in [4.69, 9.17) is 16.9 Å². The highest BCUT2D eigenvalue weighted by atomic mass is 35.5. The molecule has 0 saturated heterocycles. The van der Waals surface area contributed by atoms with Crippen molar-refractivity contribution in [3.63, 3.8) is 0 Å². The van der Waals surface area contributed by atoms with Crippen LogP contribution in [-0.4, -0.2) is 0 Å². The number of rotatable bonds is 2. The highest BCUT2D eigenvalue weighted by Crippen LogP contribution is 2.21. The van der Waals surface area contributed by atoms with Crippen LogP contribution in [0.3, 0.4) is 0 Å². The SMILES string of the molecule is N#Cc1ccc2cc(/C=C\c3ccccc3Cl)ccc2c1. The quantitative estimate of drug-likeness (QED) is 0.569. The van der Waals surface area contributed by atoms with Crippen LogP contribution in [0.15, 0.2) is 60.7 Å². The molecule has 3 rings (SSSR count). The van der Waals surface area contributed by atoms with E-state index in [1.807, 2.05) is 66.7 Å². The minimum atomic E-state index is 0.682. The number of halogens is 1. The minimum absolute atomic E-state index is 0.682. The van der Waals surface area contributed by atoms with Gasteiger partial charge in [-0.1, -0.05) is 60.2 Å². The summed E-state index contributed by atoms with van der Waals surface area (Å²) in [7, 11) is 0. The Morgan fingerprint density at radius 1 is 0.857 bits per heavy atom. The maximum absolute atomic E-state index is 8.91. The van der Waals surface area contributed by atoms with E-state index in [0.29, 0.717) is 5.56 Å². The second kappa shape index (κ2) is 5.83. The molecular formula is C19H12ClN. The first-order valence-electron chi connectivity index (χ1n) is 6.63. The van der Waals surface area contributed by atoms with Crippen molar-refractivity contribution in [3.8, 4) is 6.07 Å². The van der Waals surface area contributed by atoms with Crippen LogP contribution in [0.2, 0.25) is 5.02 Å². The Bertz CT molecular complexity index is 872. The topological polar surface area (TPSA) is 23.8 Å². The predicted octanol–water partition coefficient (Wildman–Crippen LogP) is 5.54. The third kappa shape index (κ3) is 2.97. The predicted molar refractivity (Wildman–Crippen MR) is 89.0 cm³/mol. The lowest BCUT2D eigenvalue weighted by Gasteiger charge is -2.01. The van der Waals surface area contributed by atoms with Crippen LogP contribution in [0.1, 0.15) is 16.7 Å². The van der Waals surface area contributed by atoms with Crippen LogP contribution in [0.25, 0.3) is 22.9 Å². The number of benzene rings is 3. The molecule has 0 aliphatic heterocycles. The fraction of sp³-hybridized carbons (Fsp3) is 0. The molecule has 0 radical (unpaired) electrons. The molecule has 100 valence electrons. The molecule has 0 spiro atoms. The van der Waals surface area contributed by atoms with E-state index in [1.165, 1.54) is 0 Å². The smallest absolute Gasteiger partial charge is 0.0991 e. The molecule has 0 aromatic heterocycles. The summed E-state index contributed by atoms with van der Waals surface area (Å²) in [6.45, 7) is 0. The molecule has 1 nitrogen and oxygen atoms in total. The van der Waals surface area contributed by atoms with E-state index in [2.05, 4.69) is 12.1 Å². The molecule has 3 aromatic rings. The highest BCUT2D eigenvalue weighted by molar-refractivity contribution is 6.32. The number of fused-ring (bicyclic) bond motifs is 1. The molecule has 21 heavy (non-hydrogen) atoms. The summed E-state index contributed by atoms with van der Waals surface area (Å²) in [6, 6.07) is 21.8. The standard InChI is InChI=1S/C19H12ClN/c20-19-4-2-1-3-16(19)8-5-14-6-9-18-12-15(13-21)7-10-17(18)11-14/h1-12H/b8-5-. The summed E-state index contributed by atoms with van der Waals surface area (Å²) in [4.78, 5) is 0. The summed E-state index contributed by atoms with van der Waals surface area (Å²) in [6.07, 6.45) is 4.05. The van der Waals surface area contributed by atoms with Gasteiger partial charge in [0.1, 0.15) is 0 Å². The van der Waals surface area contributed by atoms with Gasteiger partial charge >= 0.3 is 0 Å². The Labute approximate surface area is 128 Å². The highest BCUT2D eigenvalue weighted by Gasteiger charge is 1.98. The van der Waals surface area contributed by atoms with Gasteiger partial charge in [-0.15, -0.1) is 0 Å². The lowest BCUT2D eigenvalue weighted by atomic mass is 10.0. The Morgan fingerprint density at radius 2 is 1.62 bits per heavy atom. The van der Waals surface area contributed by atoms with Crippen molar-refractivity contribution in [3.05, 3.63) is 82.4 Å². The number of nitriles is 1. The van der Waals surface area contributed by atoms with Crippen LogP contribution < -0.4 is 0 Å². The minimum Gasteiger partial charge on any atom is -0.192 e. The fourth-order valence-electron chi connectivity index (χ4n) is 2.23. The Kier molecular flexibility index (Phi) is 3.73. The molecule has 0 atom stereocenters. The maximum atomic E-state index is 8.91. The van der Waals surface area contributed by atoms with Gasteiger partial charge in [-0.3, -0.25) is 0 Å². The average molecular weight is 290 g/mol. The molecule has 0 saturated carbocycles. The molecule has 3 aromatic carbocycles. The molecule has 0 unspecified atom stereocenters. The second-order valence-corrected chi connectivity index (χ2v) is 5.20. The molecule has 0 N–H and O–H groups in total. The van der Waals surface area contributed by atoms with E-state index < -0.39 is 0 Å². The molecule has 0 amide bonds. The molecular weight excluding hydrogens is 278 g/mol. The van der Waals surface area contributed by atoms with Crippen molar-refractivity contribution in [2.75, 3.05) is 0 Å². The third-order valence-corrected chi connectivity index (χ3v) is 3.70. The summed E-state index contributed by atoms with van der Waals surface area (Å²) in [5, 5.41) is 11.9. The van der Waals surface area contributed by atoms with Gasteiger partial charge in [0, 0.05) is 5.02 Å². The monoisotopic (exact) mass is 289 g/mol. The lowest BCUT2D eigenvalue weighted by molar-refractivity contribution is 1.50. The first-order chi connectivity index (χ1) is 10.3. The molecule has 0 heterocycles. The Balaban J connectivity index is 1.95. The van der Waals surface area contributed by atoms with Gasteiger partial charge in [0.25, 0.3) is 0 Å². The van der Waals surface area contributed by atoms with Crippen molar-refractivity contribution in [2.45, 2.75) is 0 Å².